The Labute approximate surface area is 337 Å². The van der Waals surface area contributed by atoms with Gasteiger partial charge in [0, 0.05) is 81.6 Å². The Bertz CT molecular complexity index is 2620. The molecule has 8 rings (SSSR count). The molecule has 15 nitrogen and oxygen atoms in total. The number of nitrogens with zero attached hydrogens (tertiary/aromatic N) is 6. The van der Waals surface area contributed by atoms with Crippen molar-refractivity contribution in [2.24, 2.45) is 0 Å². The zero-order valence-corrected chi connectivity index (χ0v) is 32.3. The van der Waals surface area contributed by atoms with Gasteiger partial charge in [0.2, 0.25) is 0 Å². The summed E-state index contributed by atoms with van der Waals surface area (Å²) < 4.78 is 114. The molecule has 0 fully saturated rings. The van der Waals surface area contributed by atoms with Crippen LogP contribution >= 0.6 is 0 Å². The lowest BCUT2D eigenvalue weighted by Crippen LogP contribution is -2.40. The monoisotopic (exact) mass is 859 g/mol. The highest BCUT2D eigenvalue weighted by atomic mass is 32.2. The molecule has 0 radical (unpaired) electrons. The molecule has 0 spiro atoms. The number of rotatable bonds is 10. The van der Waals surface area contributed by atoms with E-state index >= 15 is 0 Å². The lowest BCUT2D eigenvalue weighted by Gasteiger charge is -2.27. The van der Waals surface area contributed by atoms with Crippen LogP contribution in [0.15, 0.2) is 98.1 Å². The van der Waals surface area contributed by atoms with Crippen molar-refractivity contribution in [3.05, 3.63) is 121 Å². The standard InChI is InChI=1S/C20H20F3N5O4S.C18H15F3N4O2/c1-26(2)33(30,31)28-12-24-9-16(28)8-15-10-25-19(29)18-7-14(11-27(15)18)13-4-3-5-17(6-13)32-20(21,22)23;19-18(20,21)27-15-3-1-2-11(4-15)12-5-16-17(26)23-8-14(25(16)9-12)6-13-7-22-10-24-13/h3-7,9,11-12,15H,8,10H2,1-2H3,(H,25,29);1-5,7,9-10,14H,6,8H2,(H,22,24)(H,23,26)/t15-;14-/m00/s1. The first-order chi connectivity index (χ1) is 28.3. The number of aromatic amines is 1. The van der Waals surface area contributed by atoms with Gasteiger partial charge in [0.05, 0.1) is 24.1 Å². The zero-order valence-electron chi connectivity index (χ0n) is 31.5. The second-order valence-corrected chi connectivity index (χ2v) is 15.9. The fraction of sp³-hybridized carbons (Fsp3) is 0.263. The van der Waals surface area contributed by atoms with Crippen molar-refractivity contribution >= 4 is 22.0 Å². The number of hydrogen-bond acceptors (Lipinski definition) is 8. The van der Waals surface area contributed by atoms with Crippen molar-refractivity contribution in [3.63, 3.8) is 0 Å². The van der Waals surface area contributed by atoms with Crippen LogP contribution in [-0.2, 0) is 23.1 Å². The number of carbonyl (C=O) groups excluding carboxylic acids is 2. The van der Waals surface area contributed by atoms with Crippen molar-refractivity contribution in [1.82, 2.24) is 43.0 Å². The Morgan fingerprint density at radius 3 is 1.72 bits per heavy atom. The summed E-state index contributed by atoms with van der Waals surface area (Å²) in [6.45, 7) is 0.695. The van der Waals surface area contributed by atoms with Crippen LogP contribution in [0.3, 0.4) is 0 Å². The minimum Gasteiger partial charge on any atom is -0.406 e. The highest BCUT2D eigenvalue weighted by molar-refractivity contribution is 7.87. The van der Waals surface area contributed by atoms with Crippen LogP contribution in [0.2, 0.25) is 0 Å². The second kappa shape index (κ2) is 16.2. The van der Waals surface area contributed by atoms with Gasteiger partial charge in [-0.3, -0.25) is 9.59 Å². The van der Waals surface area contributed by atoms with Gasteiger partial charge in [-0.25, -0.2) is 13.9 Å². The summed E-state index contributed by atoms with van der Waals surface area (Å²) in [6, 6.07) is 14.0. The molecule has 2 atom stereocenters. The van der Waals surface area contributed by atoms with Crippen LogP contribution in [0.4, 0.5) is 26.3 Å². The minimum absolute atomic E-state index is 0.0264. The molecule has 0 bridgehead atoms. The highest BCUT2D eigenvalue weighted by Gasteiger charge is 2.33. The SMILES string of the molecule is CN(C)S(=O)(=O)n1cncc1C[C@H]1CNC(=O)c2cc(-c3cccc(OC(F)(F)F)c3)cn21.O=C1NC[C@H](Cc2cnc[nH]2)n2cc(-c3cccc(OC(F)(F)F)c3)cc21. The molecule has 2 amide bonds. The molecule has 6 aromatic rings. The van der Waals surface area contributed by atoms with Crippen LogP contribution in [0.5, 0.6) is 11.5 Å². The molecule has 22 heteroatoms. The number of nitrogens with one attached hydrogen (secondary N) is 3. The van der Waals surface area contributed by atoms with E-state index in [-0.39, 0.29) is 48.4 Å². The normalized spacial score (nSPS) is 16.6. The minimum atomic E-state index is -4.82. The van der Waals surface area contributed by atoms with E-state index in [1.54, 1.807) is 53.8 Å². The van der Waals surface area contributed by atoms with Crippen LogP contribution in [0.1, 0.15) is 44.4 Å². The molecule has 0 saturated heterocycles. The fourth-order valence-corrected chi connectivity index (χ4v) is 7.80. The van der Waals surface area contributed by atoms with Gasteiger partial charge >= 0.3 is 22.9 Å². The lowest BCUT2D eigenvalue weighted by atomic mass is 10.1. The van der Waals surface area contributed by atoms with E-state index in [0.29, 0.717) is 52.3 Å². The van der Waals surface area contributed by atoms with Crippen molar-refractivity contribution in [1.29, 1.82) is 0 Å². The van der Waals surface area contributed by atoms with Crippen molar-refractivity contribution in [3.8, 4) is 33.8 Å². The average molecular weight is 860 g/mol. The number of amides is 2. The van der Waals surface area contributed by atoms with Crippen molar-refractivity contribution < 1.29 is 53.8 Å². The van der Waals surface area contributed by atoms with Gasteiger partial charge in [-0.1, -0.05) is 24.3 Å². The molecule has 60 heavy (non-hydrogen) atoms. The second-order valence-electron chi connectivity index (χ2n) is 13.9. The average Bonchev–Trinajstić information content (AvgIpc) is 4.01. The highest BCUT2D eigenvalue weighted by Crippen LogP contribution is 2.34. The van der Waals surface area contributed by atoms with Crippen LogP contribution < -0.4 is 20.1 Å². The topological polar surface area (TPSA) is 170 Å². The first kappa shape index (κ1) is 41.6. The van der Waals surface area contributed by atoms with Gasteiger partial charge in [-0.2, -0.15) is 12.7 Å². The summed E-state index contributed by atoms with van der Waals surface area (Å²) in [6.07, 6.45) is 0.703. The molecule has 3 N–H and O–H groups in total. The fourth-order valence-electron chi connectivity index (χ4n) is 6.86. The Hall–Kier alpha value is -6.55. The lowest BCUT2D eigenvalue weighted by molar-refractivity contribution is -0.275. The maximum Gasteiger partial charge on any atom is 0.573 e. The molecule has 2 aromatic carbocycles. The molecular formula is C38H35F6N9O6S. The van der Waals surface area contributed by atoms with Crippen LogP contribution in [0, 0.1) is 0 Å². The molecule has 0 aliphatic carbocycles. The molecule has 0 saturated carbocycles. The summed E-state index contributed by atoms with van der Waals surface area (Å²) in [5.41, 5.74) is 4.26. The Balaban J connectivity index is 0.000000185. The van der Waals surface area contributed by atoms with E-state index in [2.05, 4.69) is 35.1 Å². The van der Waals surface area contributed by atoms with Gasteiger partial charge in [-0.15, -0.1) is 26.3 Å². The number of alkyl halides is 6. The predicted octanol–water partition coefficient (Wildman–Crippen LogP) is 5.74. The summed E-state index contributed by atoms with van der Waals surface area (Å²) in [5, 5.41) is 5.61. The number of benzene rings is 2. The van der Waals surface area contributed by atoms with E-state index in [0.717, 1.165) is 14.0 Å². The summed E-state index contributed by atoms with van der Waals surface area (Å²) in [7, 11) is -0.956. The molecule has 4 aromatic heterocycles. The molecule has 2 aliphatic heterocycles. The van der Waals surface area contributed by atoms with Gasteiger partial charge < -0.3 is 34.2 Å². The molecule has 0 unspecified atom stereocenters. The third-order valence-corrected chi connectivity index (χ3v) is 11.3. The Kier molecular flexibility index (Phi) is 11.3. The van der Waals surface area contributed by atoms with Crippen molar-refractivity contribution in [2.45, 2.75) is 37.7 Å². The number of imidazole rings is 2. The molecule has 6 heterocycles. The van der Waals surface area contributed by atoms with Gasteiger partial charge in [0.1, 0.15) is 29.2 Å². The first-order valence-corrected chi connectivity index (χ1v) is 19.4. The maximum absolute atomic E-state index is 12.6. The summed E-state index contributed by atoms with van der Waals surface area (Å²) in [4.78, 5) is 35.6. The molecule has 316 valence electrons. The van der Waals surface area contributed by atoms with Gasteiger partial charge in [-0.05, 0) is 47.5 Å². The van der Waals surface area contributed by atoms with Gasteiger partial charge in [0.15, 0.2) is 0 Å². The van der Waals surface area contributed by atoms with E-state index in [1.165, 1.54) is 63.0 Å². The number of carbonyl (C=O) groups is 2. The summed E-state index contributed by atoms with van der Waals surface area (Å²) >= 11 is 0. The number of halogens is 6. The smallest absolute Gasteiger partial charge is 0.406 e. The first-order valence-electron chi connectivity index (χ1n) is 18.0. The Morgan fingerprint density at radius 1 is 0.733 bits per heavy atom. The number of ether oxygens (including phenoxy) is 2. The zero-order chi connectivity index (χ0) is 43.0. The number of hydrogen-bond donors (Lipinski definition) is 3. The Morgan fingerprint density at radius 2 is 1.25 bits per heavy atom. The number of fused-ring (bicyclic) bond motifs is 2. The van der Waals surface area contributed by atoms with E-state index in [4.69, 9.17) is 0 Å². The van der Waals surface area contributed by atoms with E-state index in [9.17, 15) is 44.3 Å². The van der Waals surface area contributed by atoms with E-state index < -0.39 is 22.9 Å². The summed E-state index contributed by atoms with van der Waals surface area (Å²) in [5.74, 6) is -1.23. The van der Waals surface area contributed by atoms with Gasteiger partial charge in [0.25, 0.3) is 11.8 Å². The molecule has 2 aliphatic rings. The third kappa shape index (κ3) is 9.33. The van der Waals surface area contributed by atoms with Crippen LogP contribution in [-0.4, -0.2) is 92.5 Å². The molecular weight excluding hydrogens is 825 g/mol. The maximum atomic E-state index is 12.6. The van der Waals surface area contributed by atoms with E-state index in [1.807, 2.05) is 4.57 Å². The van der Waals surface area contributed by atoms with Crippen molar-refractivity contribution in [2.75, 3.05) is 27.2 Å². The quantitative estimate of drug-likeness (QED) is 0.147. The predicted molar refractivity (Wildman–Crippen MR) is 202 cm³/mol. The number of H-pyrrole nitrogens is 1. The number of aromatic nitrogens is 6. The van der Waals surface area contributed by atoms with Crippen LogP contribution in [0.25, 0.3) is 22.3 Å². The third-order valence-electron chi connectivity index (χ3n) is 9.59. The largest absolute Gasteiger partial charge is 0.573 e.